The van der Waals surface area contributed by atoms with Gasteiger partial charge in [-0.3, -0.25) is 4.90 Å². The Morgan fingerprint density at radius 1 is 1.12 bits per heavy atom. The molecule has 0 aromatic heterocycles. The van der Waals surface area contributed by atoms with Crippen LogP contribution in [0.3, 0.4) is 0 Å². The summed E-state index contributed by atoms with van der Waals surface area (Å²) in [7, 11) is 0. The van der Waals surface area contributed by atoms with Crippen molar-refractivity contribution in [3.05, 3.63) is 77.0 Å². The van der Waals surface area contributed by atoms with Crippen molar-refractivity contribution in [1.29, 1.82) is 0 Å². The highest BCUT2D eigenvalue weighted by molar-refractivity contribution is 8.24. The summed E-state index contributed by atoms with van der Waals surface area (Å²) in [5, 5.41) is 12.9. The van der Waals surface area contributed by atoms with E-state index in [4.69, 9.17) is 12.2 Å². The fraction of sp³-hybridized carbons (Fsp3) is 0.263. The zero-order valence-electron chi connectivity index (χ0n) is 13.8. The quantitative estimate of drug-likeness (QED) is 0.269. The Kier molecular flexibility index (Phi) is 4.92. The summed E-state index contributed by atoms with van der Waals surface area (Å²) in [6, 6.07) is 19.8. The minimum absolute atomic E-state index is 0.279. The third-order valence-corrected chi connectivity index (χ3v) is 5.65. The van der Waals surface area contributed by atoms with E-state index in [1.165, 1.54) is 0 Å². The average molecular weight is 357 g/mol. The first kappa shape index (κ1) is 17.0. The Labute approximate surface area is 152 Å². The van der Waals surface area contributed by atoms with Crippen LogP contribution in [-0.2, 0) is 6.54 Å². The molecule has 0 unspecified atom stereocenters. The number of rotatable bonds is 4. The molecule has 1 aliphatic rings. The molecule has 2 aromatic rings. The van der Waals surface area contributed by atoms with Crippen molar-refractivity contribution < 1.29 is 4.74 Å². The van der Waals surface area contributed by atoms with Crippen LogP contribution in [0.2, 0.25) is 0 Å². The SMILES string of the molecule is CC1(C)SC(=S)N(Cc2ccccc2)[C@@H]1/[N+]([O-])=C\c1ccccc1. The fourth-order valence-electron chi connectivity index (χ4n) is 2.94. The molecule has 0 N–H and O–H groups in total. The summed E-state index contributed by atoms with van der Waals surface area (Å²) < 4.78 is 1.54. The number of benzene rings is 2. The van der Waals surface area contributed by atoms with Crippen molar-refractivity contribution in [3.63, 3.8) is 0 Å². The van der Waals surface area contributed by atoms with Crippen molar-refractivity contribution in [3.8, 4) is 0 Å². The lowest BCUT2D eigenvalue weighted by molar-refractivity contribution is -0.524. The molecule has 0 amide bonds. The van der Waals surface area contributed by atoms with Crippen LogP contribution in [0.5, 0.6) is 0 Å². The molecule has 0 bridgehead atoms. The van der Waals surface area contributed by atoms with Crippen molar-refractivity contribution in [1.82, 2.24) is 4.90 Å². The molecule has 3 rings (SSSR count). The van der Waals surface area contributed by atoms with Gasteiger partial charge in [0.1, 0.15) is 9.07 Å². The second-order valence-electron chi connectivity index (χ2n) is 6.36. The van der Waals surface area contributed by atoms with Crippen LogP contribution < -0.4 is 0 Å². The van der Waals surface area contributed by atoms with Gasteiger partial charge >= 0.3 is 0 Å². The molecular formula is C19H20N2OS2. The van der Waals surface area contributed by atoms with Crippen LogP contribution >= 0.6 is 24.0 Å². The Morgan fingerprint density at radius 2 is 1.71 bits per heavy atom. The number of nitrogens with zero attached hydrogens (tertiary/aromatic N) is 2. The van der Waals surface area contributed by atoms with E-state index in [2.05, 4.69) is 26.0 Å². The van der Waals surface area contributed by atoms with Gasteiger partial charge in [0.05, 0.1) is 6.54 Å². The Bertz CT molecular complexity index is 744. The molecule has 2 aromatic carbocycles. The second kappa shape index (κ2) is 6.95. The number of thioether (sulfide) groups is 1. The van der Waals surface area contributed by atoms with Gasteiger partial charge in [-0.2, -0.15) is 4.74 Å². The predicted molar refractivity (Wildman–Crippen MR) is 105 cm³/mol. The van der Waals surface area contributed by atoms with E-state index in [0.29, 0.717) is 6.54 Å². The molecule has 5 heteroatoms. The molecule has 0 aliphatic carbocycles. The van der Waals surface area contributed by atoms with Gasteiger partial charge in [0.15, 0.2) is 6.21 Å². The minimum Gasteiger partial charge on any atom is -0.622 e. The van der Waals surface area contributed by atoms with E-state index in [1.807, 2.05) is 53.4 Å². The standard InChI is InChI=1S/C19H20N2OS2/c1-19(2)17(21(22)14-16-11-7-4-8-12-16)20(18(23)24-19)13-15-9-5-3-6-10-15/h3-12,14,17H,13H2,1-2H3/b21-14+/t17-/m1/s1. The van der Waals surface area contributed by atoms with Crippen molar-refractivity contribution >= 4 is 34.5 Å². The fourth-order valence-corrected chi connectivity index (χ4v) is 4.82. The number of hydrogen-bond donors (Lipinski definition) is 0. The van der Waals surface area contributed by atoms with Crippen molar-refractivity contribution in [2.75, 3.05) is 0 Å². The van der Waals surface area contributed by atoms with Gasteiger partial charge in [-0.05, 0) is 31.5 Å². The summed E-state index contributed by atoms with van der Waals surface area (Å²) >= 11 is 7.15. The van der Waals surface area contributed by atoms with Crippen LogP contribution in [-0.4, -0.2) is 31.1 Å². The molecule has 1 heterocycles. The largest absolute Gasteiger partial charge is 0.622 e. The maximum absolute atomic E-state index is 12.9. The van der Waals surface area contributed by atoms with Crippen LogP contribution in [0, 0.1) is 5.21 Å². The normalized spacial score (nSPS) is 20.4. The first-order valence-electron chi connectivity index (χ1n) is 7.86. The molecule has 0 spiro atoms. The molecule has 124 valence electrons. The highest BCUT2D eigenvalue weighted by Gasteiger charge is 2.50. The van der Waals surface area contributed by atoms with E-state index in [0.717, 1.165) is 20.2 Å². The van der Waals surface area contributed by atoms with E-state index < -0.39 is 0 Å². The smallest absolute Gasteiger partial charge is 0.254 e. The molecule has 0 saturated carbocycles. The number of hydroxylamine groups is 1. The summed E-state index contributed by atoms with van der Waals surface area (Å²) in [5.74, 6) is 0. The summed E-state index contributed by atoms with van der Waals surface area (Å²) in [4.78, 5) is 2.03. The second-order valence-corrected chi connectivity index (χ2v) is 8.65. The Balaban J connectivity index is 1.92. The topological polar surface area (TPSA) is 29.3 Å². The first-order chi connectivity index (χ1) is 11.5. The zero-order valence-corrected chi connectivity index (χ0v) is 15.4. The van der Waals surface area contributed by atoms with E-state index >= 15 is 0 Å². The maximum Gasteiger partial charge on any atom is 0.254 e. The zero-order chi connectivity index (χ0) is 17.2. The van der Waals surface area contributed by atoms with Gasteiger partial charge in [-0.1, -0.05) is 72.5 Å². The maximum atomic E-state index is 12.9. The molecule has 24 heavy (non-hydrogen) atoms. The van der Waals surface area contributed by atoms with Crippen molar-refractivity contribution in [2.24, 2.45) is 0 Å². The lowest BCUT2D eigenvalue weighted by Gasteiger charge is -2.29. The van der Waals surface area contributed by atoms with E-state index in [-0.39, 0.29) is 10.9 Å². The van der Waals surface area contributed by atoms with Crippen LogP contribution in [0.4, 0.5) is 0 Å². The Hall–Kier alpha value is -1.85. The molecule has 1 aliphatic heterocycles. The molecule has 3 nitrogen and oxygen atoms in total. The molecule has 0 radical (unpaired) electrons. The monoisotopic (exact) mass is 356 g/mol. The van der Waals surface area contributed by atoms with Gasteiger partial charge in [-0.25, -0.2) is 0 Å². The minimum atomic E-state index is -0.338. The highest BCUT2D eigenvalue weighted by Crippen LogP contribution is 2.42. The lowest BCUT2D eigenvalue weighted by Crippen LogP contribution is -2.47. The van der Waals surface area contributed by atoms with Gasteiger partial charge in [0, 0.05) is 5.56 Å². The van der Waals surface area contributed by atoms with E-state index in [1.54, 1.807) is 18.0 Å². The lowest BCUT2D eigenvalue weighted by atomic mass is 10.1. The molecular weight excluding hydrogens is 336 g/mol. The predicted octanol–water partition coefficient (Wildman–Crippen LogP) is 4.25. The summed E-state index contributed by atoms with van der Waals surface area (Å²) in [5.41, 5.74) is 2.04. The van der Waals surface area contributed by atoms with Crippen molar-refractivity contribution in [2.45, 2.75) is 31.3 Å². The van der Waals surface area contributed by atoms with Gasteiger partial charge in [-0.15, -0.1) is 0 Å². The van der Waals surface area contributed by atoms with E-state index in [9.17, 15) is 5.21 Å². The molecule has 1 saturated heterocycles. The molecule has 1 atom stereocenters. The van der Waals surface area contributed by atoms with Gasteiger partial charge < -0.3 is 5.21 Å². The number of thiocarbonyl (C=S) groups is 1. The highest BCUT2D eigenvalue weighted by atomic mass is 32.2. The number of hydrogen-bond acceptors (Lipinski definition) is 3. The summed E-state index contributed by atoms with van der Waals surface area (Å²) in [6.07, 6.45) is 1.31. The van der Waals surface area contributed by atoms with Gasteiger partial charge in [0.25, 0.3) is 6.17 Å². The van der Waals surface area contributed by atoms with Gasteiger partial charge in [0.2, 0.25) is 0 Å². The van der Waals surface area contributed by atoms with Crippen LogP contribution in [0.1, 0.15) is 25.0 Å². The third-order valence-electron chi connectivity index (χ3n) is 4.01. The Morgan fingerprint density at radius 3 is 2.33 bits per heavy atom. The summed E-state index contributed by atoms with van der Waals surface area (Å²) in [6.45, 7) is 4.79. The molecule has 1 fully saturated rings. The average Bonchev–Trinajstić information content (AvgIpc) is 2.78. The van der Waals surface area contributed by atoms with Crippen LogP contribution in [0.25, 0.3) is 0 Å². The van der Waals surface area contributed by atoms with Crippen LogP contribution in [0.15, 0.2) is 60.7 Å². The third kappa shape index (κ3) is 3.62. The first-order valence-corrected chi connectivity index (χ1v) is 9.09.